The van der Waals surface area contributed by atoms with E-state index in [2.05, 4.69) is 12.2 Å². The van der Waals surface area contributed by atoms with Gasteiger partial charge in [0.05, 0.1) is 0 Å². The lowest BCUT2D eigenvalue weighted by Crippen LogP contribution is -2.35. The fourth-order valence-electron chi connectivity index (χ4n) is 2.68. The van der Waals surface area contributed by atoms with E-state index in [9.17, 15) is 9.90 Å². The number of nitrogens with one attached hydrogen (secondary N) is 1. The van der Waals surface area contributed by atoms with Crippen molar-refractivity contribution in [3.8, 4) is 11.5 Å². The van der Waals surface area contributed by atoms with Crippen molar-refractivity contribution in [3.63, 3.8) is 0 Å². The molecule has 0 aliphatic rings. The van der Waals surface area contributed by atoms with E-state index in [1.807, 2.05) is 33.8 Å². The molecule has 0 spiro atoms. The average molecular weight is 351 g/mol. The molecule has 1 atom stereocenters. The Morgan fingerprint density at radius 1 is 1.32 bits per heavy atom. The fraction of sp³-hybridized carbons (Fsp3) is 0.650. The maximum absolute atomic E-state index is 11.4. The van der Waals surface area contributed by atoms with Gasteiger partial charge < -0.3 is 19.9 Å². The number of benzene rings is 1. The maximum Gasteiger partial charge on any atom is 0.308 e. The van der Waals surface area contributed by atoms with E-state index in [4.69, 9.17) is 9.47 Å². The lowest BCUT2D eigenvalue weighted by Gasteiger charge is -2.20. The van der Waals surface area contributed by atoms with Crippen LogP contribution in [0.1, 0.15) is 57.2 Å². The maximum atomic E-state index is 11.4. The molecule has 1 rings (SSSR count). The Balaban J connectivity index is 2.98. The Bertz CT molecular complexity index is 569. The fourth-order valence-corrected chi connectivity index (χ4v) is 2.68. The summed E-state index contributed by atoms with van der Waals surface area (Å²) in [7, 11) is 0. The van der Waals surface area contributed by atoms with Gasteiger partial charge in [0, 0.05) is 25.1 Å². The van der Waals surface area contributed by atoms with Gasteiger partial charge in [-0.15, -0.1) is 0 Å². The van der Waals surface area contributed by atoms with E-state index in [-0.39, 0.29) is 12.6 Å². The topological polar surface area (TPSA) is 67.8 Å². The van der Waals surface area contributed by atoms with Gasteiger partial charge in [-0.2, -0.15) is 0 Å². The van der Waals surface area contributed by atoms with Gasteiger partial charge in [0.2, 0.25) is 0 Å². The number of unbranched alkanes of at least 4 members (excludes halogenated alkanes) is 1. The third kappa shape index (κ3) is 7.04. The van der Waals surface area contributed by atoms with Crippen LogP contribution in [-0.2, 0) is 11.2 Å². The normalized spacial score (nSPS) is 12.3. The quantitative estimate of drug-likeness (QED) is 0.500. The van der Waals surface area contributed by atoms with Crippen molar-refractivity contribution in [1.82, 2.24) is 5.32 Å². The van der Waals surface area contributed by atoms with Crippen LogP contribution in [0, 0.1) is 13.8 Å². The molecule has 1 aromatic carbocycles. The first-order chi connectivity index (χ1) is 11.8. The van der Waals surface area contributed by atoms with Crippen molar-refractivity contribution in [3.05, 3.63) is 22.8 Å². The van der Waals surface area contributed by atoms with E-state index in [0.717, 1.165) is 41.7 Å². The van der Waals surface area contributed by atoms with Crippen molar-refractivity contribution in [2.45, 2.75) is 73.0 Å². The Kier molecular flexibility index (Phi) is 8.93. The predicted molar refractivity (Wildman–Crippen MR) is 100 cm³/mol. The zero-order chi connectivity index (χ0) is 19.0. The SMILES string of the molecule is CCCCc1c(OC[C@@H](O)CNC(C)C)cc(C)c(OC(C)=O)c1C. The van der Waals surface area contributed by atoms with Crippen molar-refractivity contribution < 1.29 is 19.4 Å². The molecule has 0 aromatic heterocycles. The summed E-state index contributed by atoms with van der Waals surface area (Å²) in [6.45, 7) is 12.2. The Hall–Kier alpha value is -1.59. The van der Waals surface area contributed by atoms with E-state index in [1.54, 1.807) is 0 Å². The van der Waals surface area contributed by atoms with Gasteiger partial charge in [-0.05, 0) is 43.9 Å². The van der Waals surface area contributed by atoms with Crippen LogP contribution in [0.4, 0.5) is 0 Å². The zero-order valence-electron chi connectivity index (χ0n) is 16.4. The van der Waals surface area contributed by atoms with Crippen LogP contribution < -0.4 is 14.8 Å². The summed E-state index contributed by atoms with van der Waals surface area (Å²) in [6, 6.07) is 2.22. The largest absolute Gasteiger partial charge is 0.491 e. The molecule has 0 saturated heterocycles. The van der Waals surface area contributed by atoms with Gasteiger partial charge in [-0.25, -0.2) is 0 Å². The molecule has 5 nitrogen and oxygen atoms in total. The molecule has 25 heavy (non-hydrogen) atoms. The van der Waals surface area contributed by atoms with Gasteiger partial charge in [-0.1, -0.05) is 27.2 Å². The molecular formula is C20H33NO4. The first kappa shape index (κ1) is 21.5. The minimum atomic E-state index is -0.574. The predicted octanol–water partition coefficient (Wildman–Crippen LogP) is 3.31. The first-order valence-electron chi connectivity index (χ1n) is 9.11. The minimum Gasteiger partial charge on any atom is -0.491 e. The van der Waals surface area contributed by atoms with Gasteiger partial charge in [0.1, 0.15) is 24.2 Å². The van der Waals surface area contributed by atoms with Crippen molar-refractivity contribution in [2.75, 3.05) is 13.2 Å². The summed E-state index contributed by atoms with van der Waals surface area (Å²) >= 11 is 0. The Morgan fingerprint density at radius 2 is 2.00 bits per heavy atom. The molecule has 2 N–H and O–H groups in total. The van der Waals surface area contributed by atoms with Gasteiger partial charge in [0.15, 0.2) is 0 Å². The van der Waals surface area contributed by atoms with Crippen molar-refractivity contribution in [1.29, 1.82) is 0 Å². The summed E-state index contributed by atoms with van der Waals surface area (Å²) in [5, 5.41) is 13.3. The third-order valence-corrected chi connectivity index (χ3v) is 4.02. The number of carbonyl (C=O) groups is 1. The standard InChI is InChI=1S/C20H33NO4/c1-7-8-9-18-15(5)20(25-16(6)22)14(4)10-19(18)24-12-17(23)11-21-13(2)3/h10,13,17,21,23H,7-9,11-12H2,1-6H3/t17-/m0/s1. The highest BCUT2D eigenvalue weighted by Crippen LogP contribution is 2.35. The summed E-state index contributed by atoms with van der Waals surface area (Å²) in [4.78, 5) is 11.4. The van der Waals surface area contributed by atoms with Gasteiger partial charge >= 0.3 is 5.97 Å². The molecule has 5 heteroatoms. The highest BCUT2D eigenvalue weighted by Gasteiger charge is 2.17. The molecule has 0 amide bonds. The van der Waals surface area contributed by atoms with Crippen LogP contribution in [0.2, 0.25) is 0 Å². The molecule has 0 saturated carbocycles. The number of aliphatic hydroxyl groups is 1. The number of rotatable bonds is 10. The second-order valence-corrected chi connectivity index (χ2v) is 6.85. The van der Waals surface area contributed by atoms with E-state index >= 15 is 0 Å². The minimum absolute atomic E-state index is 0.227. The summed E-state index contributed by atoms with van der Waals surface area (Å²) in [6.07, 6.45) is 2.37. The summed E-state index contributed by atoms with van der Waals surface area (Å²) < 4.78 is 11.3. The molecular weight excluding hydrogens is 318 g/mol. The zero-order valence-corrected chi connectivity index (χ0v) is 16.4. The van der Waals surface area contributed by atoms with Crippen LogP contribution >= 0.6 is 0 Å². The van der Waals surface area contributed by atoms with Gasteiger partial charge in [-0.3, -0.25) is 4.79 Å². The van der Waals surface area contributed by atoms with E-state index < -0.39 is 6.10 Å². The number of esters is 1. The second-order valence-electron chi connectivity index (χ2n) is 6.85. The van der Waals surface area contributed by atoms with Crippen LogP contribution in [0.15, 0.2) is 6.07 Å². The Morgan fingerprint density at radius 3 is 2.56 bits per heavy atom. The lowest BCUT2D eigenvalue weighted by atomic mass is 9.98. The van der Waals surface area contributed by atoms with E-state index in [1.165, 1.54) is 6.92 Å². The number of hydrogen-bond acceptors (Lipinski definition) is 5. The average Bonchev–Trinajstić information content (AvgIpc) is 2.53. The molecule has 0 heterocycles. The van der Waals surface area contributed by atoms with E-state index in [0.29, 0.717) is 18.3 Å². The molecule has 0 aliphatic carbocycles. The number of carbonyl (C=O) groups excluding carboxylic acids is 1. The molecule has 0 unspecified atom stereocenters. The first-order valence-corrected chi connectivity index (χ1v) is 9.11. The molecule has 1 aromatic rings. The highest BCUT2D eigenvalue weighted by molar-refractivity contribution is 5.71. The van der Waals surface area contributed by atoms with Crippen LogP contribution in [-0.4, -0.2) is 36.4 Å². The summed E-state index contributed by atoms with van der Waals surface area (Å²) in [5.41, 5.74) is 2.85. The molecule has 0 aliphatic heterocycles. The van der Waals surface area contributed by atoms with Crippen molar-refractivity contribution in [2.24, 2.45) is 0 Å². The smallest absolute Gasteiger partial charge is 0.308 e. The van der Waals surface area contributed by atoms with Gasteiger partial charge in [0.25, 0.3) is 0 Å². The van der Waals surface area contributed by atoms with Crippen LogP contribution in [0.5, 0.6) is 11.5 Å². The molecule has 0 fully saturated rings. The third-order valence-electron chi connectivity index (χ3n) is 4.02. The second kappa shape index (κ2) is 10.4. The molecule has 0 bridgehead atoms. The van der Waals surface area contributed by atoms with Crippen LogP contribution in [0.25, 0.3) is 0 Å². The monoisotopic (exact) mass is 351 g/mol. The molecule has 142 valence electrons. The number of hydrogen-bond donors (Lipinski definition) is 2. The van der Waals surface area contributed by atoms with Crippen molar-refractivity contribution >= 4 is 5.97 Å². The number of ether oxygens (including phenoxy) is 2. The Labute approximate surface area is 151 Å². The number of aryl methyl sites for hydroxylation is 1. The molecule has 0 radical (unpaired) electrons. The highest BCUT2D eigenvalue weighted by atomic mass is 16.5. The lowest BCUT2D eigenvalue weighted by molar-refractivity contribution is -0.131. The van der Waals surface area contributed by atoms with Crippen LogP contribution in [0.3, 0.4) is 0 Å². The number of aliphatic hydroxyl groups excluding tert-OH is 1. The summed E-state index contributed by atoms with van der Waals surface area (Å²) in [5.74, 6) is 1.06.